The van der Waals surface area contributed by atoms with Gasteiger partial charge in [-0.2, -0.15) is 4.99 Å². The summed E-state index contributed by atoms with van der Waals surface area (Å²) in [5, 5.41) is 0.667. The summed E-state index contributed by atoms with van der Waals surface area (Å²) in [6.07, 6.45) is 2.00. The molecule has 0 aliphatic rings. The van der Waals surface area contributed by atoms with Crippen LogP contribution >= 0.6 is 34.7 Å². The Morgan fingerprint density at radius 2 is 2.00 bits per heavy atom. The number of carbonyl (C=O) groups excluding carboxylic acids is 1. The number of hydrogen-bond acceptors (Lipinski definition) is 4. The van der Waals surface area contributed by atoms with E-state index in [0.29, 0.717) is 28.5 Å². The molecule has 7 heteroatoms. The molecule has 0 unspecified atom stereocenters. The van der Waals surface area contributed by atoms with E-state index in [4.69, 9.17) is 16.3 Å². The number of carbonyl (C=O) groups is 1. The Hall–Kier alpha value is -1.60. The third-order valence-corrected chi connectivity index (χ3v) is 6.31. The molecule has 0 saturated heterocycles. The third-order valence-electron chi connectivity index (χ3n) is 4.03. The topological polar surface area (TPSA) is 43.6 Å². The number of methoxy groups -OCH3 is 1. The van der Waals surface area contributed by atoms with Gasteiger partial charge in [-0.25, -0.2) is 0 Å². The highest BCUT2D eigenvalue weighted by atomic mass is 35.5. The zero-order valence-electron chi connectivity index (χ0n) is 14.8. The first-order valence-corrected chi connectivity index (χ1v) is 10.5. The first kappa shape index (κ1) is 19.2. The monoisotopic (exact) mass is 406 g/mol. The third kappa shape index (κ3) is 3.88. The Balaban J connectivity index is 2.12. The first-order chi connectivity index (χ1) is 12.5. The van der Waals surface area contributed by atoms with Crippen LogP contribution in [0, 0.1) is 6.92 Å². The number of thiazole rings is 1. The number of fused-ring (bicyclic) bond motifs is 1. The van der Waals surface area contributed by atoms with Crippen molar-refractivity contribution in [2.24, 2.45) is 4.99 Å². The van der Waals surface area contributed by atoms with Gasteiger partial charge >= 0.3 is 0 Å². The van der Waals surface area contributed by atoms with Gasteiger partial charge in [0.1, 0.15) is 0 Å². The zero-order chi connectivity index (χ0) is 18.7. The minimum atomic E-state index is -0.260. The van der Waals surface area contributed by atoms with Gasteiger partial charge in [-0.05, 0) is 49.1 Å². The lowest BCUT2D eigenvalue weighted by atomic mass is 10.2. The van der Waals surface area contributed by atoms with Crippen molar-refractivity contribution in [1.29, 1.82) is 0 Å². The Kier molecular flexibility index (Phi) is 6.19. The van der Waals surface area contributed by atoms with Crippen LogP contribution in [0.25, 0.3) is 10.2 Å². The predicted molar refractivity (Wildman–Crippen MR) is 110 cm³/mol. The lowest BCUT2D eigenvalue weighted by molar-refractivity contribution is 0.0997. The summed E-state index contributed by atoms with van der Waals surface area (Å²) >= 11 is 9.44. The molecule has 0 saturated carbocycles. The smallest absolute Gasteiger partial charge is 0.279 e. The molecule has 3 aromatic rings. The molecule has 0 fully saturated rings. The van der Waals surface area contributed by atoms with Gasteiger partial charge in [0.25, 0.3) is 5.91 Å². The highest BCUT2D eigenvalue weighted by Crippen LogP contribution is 2.29. The Morgan fingerprint density at radius 1 is 1.27 bits per heavy atom. The number of thioether (sulfide) groups is 1. The number of nitrogens with zero attached hydrogens (tertiary/aromatic N) is 2. The van der Waals surface area contributed by atoms with Gasteiger partial charge in [0.15, 0.2) is 4.80 Å². The maximum atomic E-state index is 12.6. The summed E-state index contributed by atoms with van der Waals surface area (Å²) in [4.78, 5) is 18.8. The van der Waals surface area contributed by atoms with E-state index in [1.165, 1.54) is 11.3 Å². The quantitative estimate of drug-likeness (QED) is 0.573. The molecule has 0 spiro atoms. The number of halogens is 1. The van der Waals surface area contributed by atoms with Crippen molar-refractivity contribution in [3.8, 4) is 0 Å². The van der Waals surface area contributed by atoms with Gasteiger partial charge in [-0.1, -0.05) is 29.0 Å². The SMILES string of the molecule is COCCn1c(=NC(=O)c2ccc(SC)cc2)sc2c(Cl)ccc(C)c21. The van der Waals surface area contributed by atoms with Gasteiger partial charge in [-0.3, -0.25) is 4.79 Å². The van der Waals surface area contributed by atoms with E-state index < -0.39 is 0 Å². The molecule has 0 N–H and O–H groups in total. The number of rotatable bonds is 5. The predicted octanol–water partition coefficient (Wildman–Crippen LogP) is 4.77. The molecular weight excluding hydrogens is 388 g/mol. The van der Waals surface area contributed by atoms with Crippen LogP contribution in [0.1, 0.15) is 15.9 Å². The molecule has 136 valence electrons. The van der Waals surface area contributed by atoms with E-state index >= 15 is 0 Å². The van der Waals surface area contributed by atoms with Crippen LogP contribution in [0.3, 0.4) is 0 Å². The molecule has 1 amide bonds. The summed E-state index contributed by atoms with van der Waals surface area (Å²) in [5.74, 6) is -0.260. The van der Waals surface area contributed by atoms with Crippen LogP contribution in [0.4, 0.5) is 0 Å². The van der Waals surface area contributed by atoms with E-state index in [9.17, 15) is 4.79 Å². The fraction of sp³-hybridized carbons (Fsp3) is 0.263. The van der Waals surface area contributed by atoms with Crippen molar-refractivity contribution in [3.63, 3.8) is 0 Å². The van der Waals surface area contributed by atoms with Crippen LogP contribution in [0.2, 0.25) is 5.02 Å². The molecule has 0 atom stereocenters. The van der Waals surface area contributed by atoms with Gasteiger partial charge in [0, 0.05) is 24.1 Å². The minimum absolute atomic E-state index is 0.260. The highest BCUT2D eigenvalue weighted by Gasteiger charge is 2.13. The molecule has 0 aliphatic heterocycles. The van der Waals surface area contributed by atoms with Crippen molar-refractivity contribution in [2.45, 2.75) is 18.4 Å². The normalized spacial score (nSPS) is 12.1. The number of hydrogen-bond donors (Lipinski definition) is 0. The van der Waals surface area contributed by atoms with Crippen molar-refractivity contribution >= 4 is 50.8 Å². The van der Waals surface area contributed by atoms with Crippen molar-refractivity contribution in [1.82, 2.24) is 4.57 Å². The van der Waals surface area contributed by atoms with Crippen molar-refractivity contribution in [3.05, 3.63) is 57.3 Å². The summed E-state index contributed by atoms with van der Waals surface area (Å²) < 4.78 is 8.18. The summed E-state index contributed by atoms with van der Waals surface area (Å²) in [7, 11) is 1.66. The molecule has 26 heavy (non-hydrogen) atoms. The maximum absolute atomic E-state index is 12.6. The fourth-order valence-electron chi connectivity index (χ4n) is 2.68. The highest BCUT2D eigenvalue weighted by molar-refractivity contribution is 7.98. The van der Waals surface area contributed by atoms with E-state index in [-0.39, 0.29) is 5.91 Å². The van der Waals surface area contributed by atoms with Crippen LogP contribution in [0.15, 0.2) is 46.3 Å². The second-order valence-electron chi connectivity index (χ2n) is 5.72. The summed E-state index contributed by atoms with van der Waals surface area (Å²) in [6.45, 7) is 3.16. The second-order valence-corrected chi connectivity index (χ2v) is 7.98. The number of aryl methyl sites for hydroxylation is 1. The van der Waals surface area contributed by atoms with Gasteiger partial charge in [0.2, 0.25) is 0 Å². The Bertz CT molecular complexity index is 1010. The molecule has 0 bridgehead atoms. The van der Waals surface area contributed by atoms with Crippen LogP contribution in [-0.2, 0) is 11.3 Å². The van der Waals surface area contributed by atoms with Crippen molar-refractivity contribution < 1.29 is 9.53 Å². The summed E-state index contributed by atoms with van der Waals surface area (Å²) in [6, 6.07) is 11.3. The molecule has 3 rings (SSSR count). The lowest BCUT2D eigenvalue weighted by Crippen LogP contribution is -2.19. The van der Waals surface area contributed by atoms with Gasteiger partial charge in [-0.15, -0.1) is 11.8 Å². The second kappa shape index (κ2) is 8.39. The number of aromatic nitrogens is 1. The number of ether oxygens (including phenoxy) is 1. The van der Waals surface area contributed by atoms with Crippen LogP contribution in [-0.4, -0.2) is 30.4 Å². The largest absolute Gasteiger partial charge is 0.383 e. The standard InChI is InChI=1S/C19H19ClN2O2S2/c1-12-4-9-15(20)17-16(12)22(10-11-24-2)19(26-17)21-18(23)13-5-7-14(25-3)8-6-13/h4-9H,10-11H2,1-3H3. The number of benzene rings is 2. The Labute approximate surface area is 165 Å². The van der Waals surface area contributed by atoms with Crippen molar-refractivity contribution in [2.75, 3.05) is 20.0 Å². The van der Waals surface area contributed by atoms with Crippen LogP contribution in [0.5, 0.6) is 0 Å². The van der Waals surface area contributed by atoms with E-state index in [0.717, 1.165) is 20.7 Å². The molecule has 0 aliphatic carbocycles. The molecule has 1 heterocycles. The minimum Gasteiger partial charge on any atom is -0.383 e. The maximum Gasteiger partial charge on any atom is 0.279 e. The van der Waals surface area contributed by atoms with Gasteiger partial charge in [0.05, 0.1) is 21.8 Å². The molecule has 0 radical (unpaired) electrons. The lowest BCUT2D eigenvalue weighted by Gasteiger charge is -2.07. The number of amides is 1. The van der Waals surface area contributed by atoms with Gasteiger partial charge < -0.3 is 9.30 Å². The van der Waals surface area contributed by atoms with E-state index in [2.05, 4.69) is 4.99 Å². The summed E-state index contributed by atoms with van der Waals surface area (Å²) in [5.41, 5.74) is 2.67. The van der Waals surface area contributed by atoms with Crippen LogP contribution < -0.4 is 4.80 Å². The molecule has 2 aromatic carbocycles. The fourth-order valence-corrected chi connectivity index (χ4v) is 4.49. The van der Waals surface area contributed by atoms with E-state index in [1.54, 1.807) is 18.9 Å². The Morgan fingerprint density at radius 3 is 2.65 bits per heavy atom. The average molecular weight is 407 g/mol. The molecule has 4 nitrogen and oxygen atoms in total. The molecular formula is C19H19ClN2O2S2. The van der Waals surface area contributed by atoms with E-state index in [1.807, 2.05) is 54.1 Å². The molecule has 1 aromatic heterocycles. The first-order valence-electron chi connectivity index (χ1n) is 8.05. The average Bonchev–Trinajstić information content (AvgIpc) is 3.02. The zero-order valence-corrected chi connectivity index (χ0v) is 17.2.